The van der Waals surface area contributed by atoms with E-state index in [4.69, 9.17) is 4.42 Å². The molecule has 6 nitrogen and oxygen atoms in total. The summed E-state index contributed by atoms with van der Waals surface area (Å²) < 4.78 is 4.91. The van der Waals surface area contributed by atoms with Crippen molar-refractivity contribution in [1.29, 1.82) is 0 Å². The predicted molar refractivity (Wildman–Crippen MR) is 85.1 cm³/mol. The Bertz CT molecular complexity index is 590. The number of aryl methyl sites for hydroxylation is 1. The molecule has 1 aromatic rings. The van der Waals surface area contributed by atoms with Crippen LogP contribution in [-0.2, 0) is 4.79 Å². The lowest BCUT2D eigenvalue weighted by Gasteiger charge is -2.04. The summed E-state index contributed by atoms with van der Waals surface area (Å²) in [6.45, 7) is 5.24. The van der Waals surface area contributed by atoms with Gasteiger partial charge < -0.3 is 9.52 Å². The minimum Gasteiger partial charge on any atom is -0.507 e. The van der Waals surface area contributed by atoms with Crippen LogP contribution in [0.5, 0.6) is 5.75 Å². The molecule has 22 heavy (non-hydrogen) atoms. The minimum absolute atomic E-state index is 0.0335. The molecule has 0 aliphatic rings. The zero-order valence-corrected chi connectivity index (χ0v) is 13.4. The van der Waals surface area contributed by atoms with Crippen molar-refractivity contribution in [3.05, 3.63) is 27.8 Å². The first-order chi connectivity index (χ1) is 10.5. The van der Waals surface area contributed by atoms with Crippen molar-refractivity contribution in [3.63, 3.8) is 0 Å². The molecule has 0 aliphatic carbocycles. The van der Waals surface area contributed by atoms with E-state index in [2.05, 4.69) is 17.5 Å². The van der Waals surface area contributed by atoms with Crippen LogP contribution >= 0.6 is 0 Å². The van der Waals surface area contributed by atoms with E-state index in [1.165, 1.54) is 19.4 Å². The molecular formula is C16H24N2O4. The standard InChI is InChI=1S/C16H24N2O4/c1-4-5-6-7-8-9-14(20)18-17-12(3)15-13(19)10-11(2)22-16(15)21/h10,19H,4-9H2,1-3H3,(H,18,20)/b17-12+. The molecule has 6 heteroatoms. The first kappa shape index (κ1) is 17.9. The van der Waals surface area contributed by atoms with E-state index in [0.29, 0.717) is 12.2 Å². The molecule has 1 rings (SSSR count). The zero-order chi connectivity index (χ0) is 16.5. The topological polar surface area (TPSA) is 91.9 Å². The van der Waals surface area contributed by atoms with Gasteiger partial charge in [-0.2, -0.15) is 5.10 Å². The third-order valence-corrected chi connectivity index (χ3v) is 3.27. The van der Waals surface area contributed by atoms with Gasteiger partial charge in [0, 0.05) is 12.5 Å². The summed E-state index contributed by atoms with van der Waals surface area (Å²) in [5.41, 5.74) is 1.90. The average Bonchev–Trinajstić information content (AvgIpc) is 2.43. The number of carbonyl (C=O) groups excluding carboxylic acids is 1. The summed E-state index contributed by atoms with van der Waals surface area (Å²) in [5, 5.41) is 13.6. The minimum atomic E-state index is -0.674. The maximum absolute atomic E-state index is 11.7. The summed E-state index contributed by atoms with van der Waals surface area (Å²) in [7, 11) is 0. The van der Waals surface area contributed by atoms with Crippen LogP contribution in [0.3, 0.4) is 0 Å². The molecule has 0 aliphatic heterocycles. The van der Waals surface area contributed by atoms with E-state index in [9.17, 15) is 14.7 Å². The summed E-state index contributed by atoms with van der Waals surface area (Å²) >= 11 is 0. The summed E-state index contributed by atoms with van der Waals surface area (Å²) in [6, 6.07) is 1.34. The lowest BCUT2D eigenvalue weighted by molar-refractivity contribution is -0.121. The van der Waals surface area contributed by atoms with Gasteiger partial charge in [-0.3, -0.25) is 4.79 Å². The Morgan fingerprint density at radius 3 is 2.64 bits per heavy atom. The van der Waals surface area contributed by atoms with Gasteiger partial charge in [0.2, 0.25) is 5.91 Å². The Balaban J connectivity index is 2.56. The largest absolute Gasteiger partial charge is 0.507 e. The third-order valence-electron chi connectivity index (χ3n) is 3.27. The highest BCUT2D eigenvalue weighted by atomic mass is 16.4. The highest BCUT2D eigenvalue weighted by Gasteiger charge is 2.13. The van der Waals surface area contributed by atoms with Crippen LogP contribution in [-0.4, -0.2) is 16.7 Å². The fourth-order valence-corrected chi connectivity index (χ4v) is 2.08. The Hall–Kier alpha value is -2.11. The molecular weight excluding hydrogens is 284 g/mol. The monoisotopic (exact) mass is 308 g/mol. The van der Waals surface area contributed by atoms with Gasteiger partial charge in [-0.05, 0) is 20.3 Å². The molecule has 0 atom stereocenters. The molecule has 0 spiro atoms. The third kappa shape index (κ3) is 5.71. The lowest BCUT2D eigenvalue weighted by atomic mass is 10.1. The van der Waals surface area contributed by atoms with Crippen molar-refractivity contribution in [1.82, 2.24) is 5.43 Å². The van der Waals surface area contributed by atoms with E-state index >= 15 is 0 Å². The van der Waals surface area contributed by atoms with E-state index < -0.39 is 5.63 Å². The molecule has 0 bridgehead atoms. The number of rotatable bonds is 8. The van der Waals surface area contributed by atoms with Crippen LogP contribution < -0.4 is 11.1 Å². The Morgan fingerprint density at radius 1 is 1.32 bits per heavy atom. The second-order valence-corrected chi connectivity index (χ2v) is 5.30. The van der Waals surface area contributed by atoms with Crippen LogP contribution in [0.15, 0.2) is 20.4 Å². The molecule has 0 unspecified atom stereocenters. The highest BCUT2D eigenvalue weighted by molar-refractivity contribution is 6.01. The fraction of sp³-hybridized carbons (Fsp3) is 0.562. The SMILES string of the molecule is CCCCCCCC(=O)N/N=C(\C)c1c(O)cc(C)oc1=O. The number of unbranched alkanes of at least 4 members (excludes halogenated alkanes) is 4. The van der Waals surface area contributed by atoms with Gasteiger partial charge in [-0.1, -0.05) is 32.6 Å². The van der Waals surface area contributed by atoms with Crippen molar-refractivity contribution in [2.45, 2.75) is 59.3 Å². The van der Waals surface area contributed by atoms with Crippen LogP contribution in [0, 0.1) is 6.92 Å². The molecule has 1 amide bonds. The second kappa shape index (κ2) is 9.02. The van der Waals surface area contributed by atoms with Crippen LogP contribution in [0.25, 0.3) is 0 Å². The molecule has 1 heterocycles. The van der Waals surface area contributed by atoms with E-state index in [0.717, 1.165) is 25.7 Å². The molecule has 122 valence electrons. The van der Waals surface area contributed by atoms with E-state index in [1.807, 2.05) is 0 Å². The number of nitrogens with zero attached hydrogens (tertiary/aromatic N) is 1. The summed E-state index contributed by atoms with van der Waals surface area (Å²) in [6.07, 6.45) is 5.71. The van der Waals surface area contributed by atoms with Crippen LogP contribution in [0.4, 0.5) is 0 Å². The van der Waals surface area contributed by atoms with Gasteiger partial charge in [0.15, 0.2) is 0 Å². The Morgan fingerprint density at radius 2 is 2.00 bits per heavy atom. The highest BCUT2D eigenvalue weighted by Crippen LogP contribution is 2.15. The lowest BCUT2D eigenvalue weighted by Crippen LogP contribution is -2.21. The fourth-order valence-electron chi connectivity index (χ4n) is 2.08. The smallest absolute Gasteiger partial charge is 0.348 e. The van der Waals surface area contributed by atoms with Crippen molar-refractivity contribution in [2.24, 2.45) is 5.10 Å². The van der Waals surface area contributed by atoms with Crippen molar-refractivity contribution < 1.29 is 14.3 Å². The van der Waals surface area contributed by atoms with Crippen molar-refractivity contribution >= 4 is 11.6 Å². The molecule has 0 saturated carbocycles. The number of hydrogen-bond acceptors (Lipinski definition) is 5. The number of hydrogen-bond donors (Lipinski definition) is 2. The van der Waals surface area contributed by atoms with Crippen LogP contribution in [0.2, 0.25) is 0 Å². The van der Waals surface area contributed by atoms with Crippen molar-refractivity contribution in [2.75, 3.05) is 0 Å². The first-order valence-corrected chi connectivity index (χ1v) is 7.63. The molecule has 0 radical (unpaired) electrons. The summed E-state index contributed by atoms with van der Waals surface area (Å²) in [5.74, 6) is -0.0918. The molecule has 0 fully saturated rings. The number of hydrazone groups is 1. The second-order valence-electron chi connectivity index (χ2n) is 5.30. The maximum atomic E-state index is 11.7. The molecule has 0 saturated heterocycles. The first-order valence-electron chi connectivity index (χ1n) is 7.63. The van der Waals surface area contributed by atoms with Crippen LogP contribution in [0.1, 0.15) is 63.7 Å². The molecule has 2 N–H and O–H groups in total. The average molecular weight is 308 g/mol. The number of amides is 1. The number of aromatic hydroxyl groups is 1. The van der Waals surface area contributed by atoms with Crippen molar-refractivity contribution in [3.8, 4) is 5.75 Å². The quantitative estimate of drug-likeness (QED) is 0.439. The Kier molecular flexibility index (Phi) is 7.36. The van der Waals surface area contributed by atoms with Gasteiger partial charge in [-0.15, -0.1) is 0 Å². The maximum Gasteiger partial charge on any atom is 0.348 e. The van der Waals surface area contributed by atoms with Gasteiger partial charge in [0.05, 0.1) is 5.71 Å². The summed E-state index contributed by atoms with van der Waals surface area (Å²) in [4.78, 5) is 23.4. The van der Waals surface area contributed by atoms with E-state index in [-0.39, 0.29) is 22.9 Å². The van der Waals surface area contributed by atoms with Gasteiger partial charge in [0.1, 0.15) is 17.1 Å². The van der Waals surface area contributed by atoms with Gasteiger partial charge in [-0.25, -0.2) is 10.2 Å². The predicted octanol–water partition coefficient (Wildman–Crippen LogP) is 2.85. The molecule has 0 aromatic carbocycles. The van der Waals surface area contributed by atoms with E-state index in [1.54, 1.807) is 6.92 Å². The molecule has 1 aromatic heterocycles. The number of carbonyl (C=O) groups is 1. The van der Waals surface area contributed by atoms with Gasteiger partial charge in [0.25, 0.3) is 0 Å². The van der Waals surface area contributed by atoms with Gasteiger partial charge >= 0.3 is 5.63 Å². The normalized spacial score (nSPS) is 11.5. The zero-order valence-electron chi connectivity index (χ0n) is 13.4. The Labute approximate surface area is 130 Å². The number of nitrogens with one attached hydrogen (secondary N) is 1.